The van der Waals surface area contributed by atoms with Crippen LogP contribution < -0.4 is 5.32 Å². The van der Waals surface area contributed by atoms with Crippen LogP contribution in [0.3, 0.4) is 0 Å². The van der Waals surface area contributed by atoms with E-state index >= 15 is 0 Å². The second-order valence-electron chi connectivity index (χ2n) is 10.6. The summed E-state index contributed by atoms with van der Waals surface area (Å²) in [5.41, 5.74) is -0.615. The van der Waals surface area contributed by atoms with Gasteiger partial charge in [0.2, 0.25) is 11.8 Å². The minimum atomic E-state index is -1.18. The van der Waals surface area contributed by atoms with E-state index in [-0.39, 0.29) is 31.7 Å². The lowest BCUT2D eigenvalue weighted by atomic mass is 9.66. The van der Waals surface area contributed by atoms with Crippen molar-refractivity contribution in [2.75, 3.05) is 13.2 Å². The van der Waals surface area contributed by atoms with Gasteiger partial charge in [-0.2, -0.15) is 0 Å². The number of para-hydroxylation sites is 1. The van der Waals surface area contributed by atoms with Crippen LogP contribution in [0.2, 0.25) is 0 Å². The maximum absolute atomic E-state index is 14.1. The van der Waals surface area contributed by atoms with Crippen LogP contribution in [0.15, 0.2) is 24.3 Å². The molecule has 2 N–H and O–H groups in total. The highest BCUT2D eigenvalue weighted by atomic mass is 16.6. The molecule has 4 heterocycles. The highest BCUT2D eigenvalue weighted by molar-refractivity contribution is 5.98. The quantitative estimate of drug-likeness (QED) is 0.478. The lowest BCUT2D eigenvalue weighted by Gasteiger charge is -2.39. The third-order valence-corrected chi connectivity index (χ3v) is 8.67. The zero-order valence-electron chi connectivity index (χ0n) is 21.7. The van der Waals surface area contributed by atoms with Crippen molar-refractivity contribution in [2.24, 2.45) is 17.8 Å². The molecule has 11 nitrogen and oxygen atoms in total. The molecule has 3 aliphatic heterocycles. The van der Waals surface area contributed by atoms with Crippen molar-refractivity contribution in [1.82, 2.24) is 25.2 Å². The predicted molar refractivity (Wildman–Crippen MR) is 132 cm³/mol. The molecule has 2 aromatic rings. The number of nitrogens with zero attached hydrogens (tertiary/aromatic N) is 4. The molecule has 37 heavy (non-hydrogen) atoms. The molecule has 200 valence electrons. The van der Waals surface area contributed by atoms with E-state index in [1.807, 2.05) is 45.0 Å². The van der Waals surface area contributed by atoms with Gasteiger partial charge in [-0.25, -0.2) is 4.68 Å². The second-order valence-corrected chi connectivity index (χ2v) is 10.6. The Morgan fingerprint density at radius 2 is 2.05 bits per heavy atom. The fourth-order valence-electron chi connectivity index (χ4n) is 6.71. The molecule has 2 amide bonds. The van der Waals surface area contributed by atoms with Gasteiger partial charge in [0.1, 0.15) is 29.7 Å². The van der Waals surface area contributed by atoms with Crippen molar-refractivity contribution in [2.45, 2.75) is 76.9 Å². The number of carbonyl (C=O) groups is 3. The van der Waals surface area contributed by atoms with Gasteiger partial charge in [0.25, 0.3) is 0 Å². The number of likely N-dealkylation sites (tertiary alicyclic amines) is 1. The van der Waals surface area contributed by atoms with E-state index in [4.69, 9.17) is 9.47 Å². The van der Waals surface area contributed by atoms with E-state index in [2.05, 4.69) is 15.6 Å². The van der Waals surface area contributed by atoms with Crippen LogP contribution in [0.1, 0.15) is 47.0 Å². The lowest BCUT2D eigenvalue weighted by Crippen LogP contribution is -2.59. The SMILES string of the molecule is CCOC(=O)[C@@H]1[C@H]2C(=O)N([C@@H](CO)[C@@H](C)CC)C(C(=O)NCn3nnc4ccccc43)C23CC[C@@]1(C)O3. The Labute approximate surface area is 215 Å². The van der Waals surface area contributed by atoms with Crippen LogP contribution >= 0.6 is 0 Å². The van der Waals surface area contributed by atoms with Crippen molar-refractivity contribution in [3.63, 3.8) is 0 Å². The summed E-state index contributed by atoms with van der Waals surface area (Å²) in [6.45, 7) is 7.40. The van der Waals surface area contributed by atoms with Crippen molar-refractivity contribution in [3.05, 3.63) is 24.3 Å². The highest BCUT2D eigenvalue weighted by Gasteiger charge is 2.78. The Bertz CT molecular complexity index is 1220. The molecule has 2 unspecified atom stereocenters. The Morgan fingerprint density at radius 3 is 2.76 bits per heavy atom. The largest absolute Gasteiger partial charge is 0.466 e. The molecular weight excluding hydrogens is 478 g/mol. The number of fused-ring (bicyclic) bond motifs is 2. The summed E-state index contributed by atoms with van der Waals surface area (Å²) >= 11 is 0. The van der Waals surface area contributed by atoms with Crippen LogP contribution in [0, 0.1) is 17.8 Å². The summed E-state index contributed by atoms with van der Waals surface area (Å²) < 4.78 is 13.5. The Morgan fingerprint density at radius 1 is 1.30 bits per heavy atom. The molecular formula is C26H35N5O6. The zero-order valence-corrected chi connectivity index (χ0v) is 21.7. The van der Waals surface area contributed by atoms with Crippen molar-refractivity contribution in [1.29, 1.82) is 0 Å². The van der Waals surface area contributed by atoms with Crippen LogP contribution in [-0.2, 0) is 30.5 Å². The Hall–Kier alpha value is -3.05. The minimum Gasteiger partial charge on any atom is -0.466 e. The molecule has 1 aromatic carbocycles. The smallest absolute Gasteiger partial charge is 0.312 e. The molecule has 5 rings (SSSR count). The first-order valence-corrected chi connectivity index (χ1v) is 13.1. The Kier molecular flexibility index (Phi) is 6.47. The number of benzene rings is 1. The van der Waals surface area contributed by atoms with E-state index in [1.54, 1.807) is 11.6 Å². The molecule has 7 atom stereocenters. The molecule has 2 bridgehead atoms. The van der Waals surface area contributed by atoms with Gasteiger partial charge in [-0.1, -0.05) is 37.6 Å². The monoisotopic (exact) mass is 513 g/mol. The van der Waals surface area contributed by atoms with E-state index in [0.717, 1.165) is 5.52 Å². The van der Waals surface area contributed by atoms with Crippen molar-refractivity contribution in [3.8, 4) is 0 Å². The maximum Gasteiger partial charge on any atom is 0.312 e. The van der Waals surface area contributed by atoms with Gasteiger partial charge >= 0.3 is 5.97 Å². The zero-order chi connectivity index (χ0) is 26.5. The average molecular weight is 514 g/mol. The Balaban J connectivity index is 1.52. The number of amides is 2. The maximum atomic E-state index is 14.1. The third-order valence-electron chi connectivity index (χ3n) is 8.67. The summed E-state index contributed by atoms with van der Waals surface area (Å²) in [6.07, 6.45) is 1.68. The summed E-state index contributed by atoms with van der Waals surface area (Å²) in [5, 5.41) is 21.6. The second kappa shape index (κ2) is 9.36. The lowest BCUT2D eigenvalue weighted by molar-refractivity contribution is -0.160. The number of ether oxygens (including phenoxy) is 2. The number of rotatable bonds is 9. The van der Waals surface area contributed by atoms with E-state index in [0.29, 0.717) is 24.8 Å². The molecule has 3 fully saturated rings. The van der Waals surface area contributed by atoms with Crippen LogP contribution in [0.5, 0.6) is 0 Å². The predicted octanol–water partition coefficient (Wildman–Crippen LogP) is 1.24. The van der Waals surface area contributed by atoms with Crippen LogP contribution in [0.25, 0.3) is 11.0 Å². The molecule has 3 aliphatic rings. The van der Waals surface area contributed by atoms with E-state index in [9.17, 15) is 19.5 Å². The number of aromatic nitrogens is 3. The third kappa shape index (κ3) is 3.73. The molecule has 0 radical (unpaired) electrons. The topological polar surface area (TPSA) is 136 Å². The van der Waals surface area contributed by atoms with Crippen LogP contribution in [-0.4, -0.2) is 79.3 Å². The van der Waals surface area contributed by atoms with Crippen LogP contribution in [0.4, 0.5) is 0 Å². The van der Waals surface area contributed by atoms with Gasteiger partial charge in [-0.05, 0) is 44.7 Å². The standard InChI is InChI=1S/C26H35N5O6/c1-5-15(3)18(13-32)31-21(22(33)27-14-30-17-10-8-7-9-16(17)28-29-30)26-12-11-25(4,37-26)20(19(26)23(31)34)24(35)36-6-2/h7-10,15,18-21,32H,5-6,11-14H2,1-4H3,(H,27,33)/t15-,18-,19-,20-,21?,25+,26?/m0/s1. The van der Waals surface area contributed by atoms with Crippen molar-refractivity contribution < 1.29 is 29.0 Å². The fraction of sp³-hybridized carbons (Fsp3) is 0.654. The van der Waals surface area contributed by atoms with Gasteiger partial charge in [0.15, 0.2) is 0 Å². The molecule has 0 saturated carbocycles. The number of carbonyl (C=O) groups excluding carboxylic acids is 3. The molecule has 3 saturated heterocycles. The summed E-state index contributed by atoms with van der Waals surface area (Å²) in [6, 6.07) is 5.81. The van der Waals surface area contributed by atoms with Gasteiger partial charge in [-0.15, -0.1) is 5.10 Å². The minimum absolute atomic E-state index is 0.0460. The van der Waals surface area contributed by atoms with Crippen molar-refractivity contribution >= 4 is 28.8 Å². The summed E-state index contributed by atoms with van der Waals surface area (Å²) in [5.74, 6) is -2.98. The first-order valence-electron chi connectivity index (χ1n) is 13.1. The average Bonchev–Trinajstić information content (AvgIpc) is 3.59. The van der Waals surface area contributed by atoms with Gasteiger partial charge in [-0.3, -0.25) is 14.4 Å². The van der Waals surface area contributed by atoms with E-state index in [1.165, 1.54) is 4.90 Å². The first-order chi connectivity index (χ1) is 17.7. The first kappa shape index (κ1) is 25.6. The van der Waals surface area contributed by atoms with Gasteiger partial charge in [0, 0.05) is 0 Å². The molecule has 11 heteroatoms. The normalized spacial score (nSPS) is 32.0. The number of esters is 1. The number of aliphatic hydroxyl groups is 1. The summed E-state index contributed by atoms with van der Waals surface area (Å²) in [7, 11) is 0. The number of hydrogen-bond acceptors (Lipinski definition) is 8. The molecule has 0 aliphatic carbocycles. The number of hydrogen-bond donors (Lipinski definition) is 2. The highest BCUT2D eigenvalue weighted by Crippen LogP contribution is 2.63. The van der Waals surface area contributed by atoms with Gasteiger partial charge in [0.05, 0.1) is 36.3 Å². The van der Waals surface area contributed by atoms with E-state index < -0.39 is 47.0 Å². The molecule has 1 spiro atoms. The number of nitrogens with one attached hydrogen (secondary N) is 1. The van der Waals surface area contributed by atoms with Gasteiger partial charge < -0.3 is 24.8 Å². The number of aliphatic hydroxyl groups excluding tert-OH is 1. The fourth-order valence-corrected chi connectivity index (χ4v) is 6.71. The molecule has 1 aromatic heterocycles. The summed E-state index contributed by atoms with van der Waals surface area (Å²) in [4.78, 5) is 42.6.